The molecule has 0 saturated heterocycles. The van der Waals surface area contributed by atoms with Crippen LogP contribution in [0, 0.1) is 34.6 Å². The predicted octanol–water partition coefficient (Wildman–Crippen LogP) is 10.2. The number of amides is 1. The Morgan fingerprint density at radius 1 is 0.895 bits per heavy atom. The second-order valence-electron chi connectivity index (χ2n) is 15.4. The molecule has 1 unspecified atom stereocenters. The van der Waals surface area contributed by atoms with Crippen LogP contribution in [0.3, 0.4) is 0 Å². The molecular weight excluding hydrogens is 755 g/mol. The number of aromatic nitrogens is 7. The van der Waals surface area contributed by atoms with Crippen LogP contribution in [-0.2, 0) is 20.5 Å². The van der Waals surface area contributed by atoms with Crippen molar-refractivity contribution in [1.29, 1.82) is 0 Å². The van der Waals surface area contributed by atoms with E-state index in [1.807, 2.05) is 98.1 Å². The number of para-hydroxylation sites is 1. The number of hydrogen-bond donors (Lipinski definition) is 0. The zero-order valence-corrected chi connectivity index (χ0v) is 34.9. The summed E-state index contributed by atoms with van der Waals surface area (Å²) in [6, 6.07) is 22.1. The molecule has 290 valence electrons. The minimum atomic E-state index is -0.692. The first kappa shape index (κ1) is 37.0. The predicted molar refractivity (Wildman–Crippen MR) is 229 cm³/mol. The lowest BCUT2D eigenvalue weighted by Gasteiger charge is -2.38. The van der Waals surface area contributed by atoms with Gasteiger partial charge in [0.2, 0.25) is 0 Å². The summed E-state index contributed by atoms with van der Waals surface area (Å²) < 4.78 is 14.3. The SMILES string of the molecule is Cc1cc(OCCCc2c3n(c4c(-c5c(C)nn(C)c5C)cccc24)C(C)[C@@H](Cl)N(c2cn(C)c4ccc(-c5nc6cccc(C)n6n5)cc24)C3=O)cc(C)c1Cl. The number of carbonyl (C=O) groups is 1. The maximum absolute atomic E-state index is 15.4. The summed E-state index contributed by atoms with van der Waals surface area (Å²) in [7, 11) is 3.96. The van der Waals surface area contributed by atoms with Crippen LogP contribution in [0.25, 0.3) is 50.0 Å². The molecule has 0 saturated carbocycles. The molecular formula is C45H44Cl2N8O2. The van der Waals surface area contributed by atoms with Crippen molar-refractivity contribution in [3.05, 3.63) is 117 Å². The van der Waals surface area contributed by atoms with E-state index in [0.29, 0.717) is 31.0 Å². The van der Waals surface area contributed by atoms with Crippen molar-refractivity contribution in [1.82, 2.24) is 33.5 Å². The van der Waals surface area contributed by atoms with Crippen molar-refractivity contribution in [2.45, 2.75) is 65.9 Å². The summed E-state index contributed by atoms with van der Waals surface area (Å²) in [6.07, 6.45) is 3.32. The van der Waals surface area contributed by atoms with E-state index < -0.39 is 5.50 Å². The van der Waals surface area contributed by atoms with Crippen LogP contribution >= 0.6 is 23.2 Å². The second kappa shape index (κ2) is 13.8. The Morgan fingerprint density at radius 3 is 2.37 bits per heavy atom. The topological polar surface area (TPSA) is 87.4 Å². The van der Waals surface area contributed by atoms with Crippen molar-refractivity contribution >= 4 is 62.2 Å². The van der Waals surface area contributed by atoms with Gasteiger partial charge in [-0.25, -0.2) is 9.50 Å². The molecule has 0 radical (unpaired) electrons. The third-order valence-corrected chi connectivity index (χ3v) is 12.8. The van der Waals surface area contributed by atoms with Gasteiger partial charge in [-0.2, -0.15) is 5.10 Å². The first-order valence-electron chi connectivity index (χ1n) is 19.3. The maximum atomic E-state index is 15.4. The van der Waals surface area contributed by atoms with Gasteiger partial charge in [-0.3, -0.25) is 14.4 Å². The highest BCUT2D eigenvalue weighted by atomic mass is 35.5. The van der Waals surface area contributed by atoms with E-state index in [1.165, 1.54) is 0 Å². The molecule has 0 aliphatic carbocycles. The number of hydrogen-bond acceptors (Lipinski definition) is 5. The molecule has 8 aromatic rings. The highest BCUT2D eigenvalue weighted by Gasteiger charge is 2.42. The standard InChI is InChI=1S/C45H44Cl2N8O2/c1-24-20-31(21-25(2)40(24)46)57-19-11-15-33-32-13-10-14-34(39-27(4)49-52(8)28(39)5)41(32)53-29(6)43(47)54(45(56)42(33)53)37-23-51(7)36-18-17-30(22-35(36)37)44-48-38-16-9-12-26(3)55(38)50-44/h9-10,12-14,16-18,20-23,29,43H,11,15,19H2,1-8H3/t29?,43-/m0/s1. The fourth-order valence-corrected chi connectivity index (χ4v) is 9.20. The number of alkyl halides is 1. The summed E-state index contributed by atoms with van der Waals surface area (Å²) in [6.45, 7) is 12.7. The number of rotatable bonds is 8. The normalized spacial score (nSPS) is 15.8. The molecule has 0 fully saturated rings. The Hall–Kier alpha value is -5.58. The van der Waals surface area contributed by atoms with Gasteiger partial charge >= 0.3 is 0 Å². The number of pyridine rings is 1. The maximum Gasteiger partial charge on any atom is 0.276 e. The van der Waals surface area contributed by atoms with E-state index in [-0.39, 0.29) is 11.9 Å². The van der Waals surface area contributed by atoms with Crippen LogP contribution < -0.4 is 9.64 Å². The number of ether oxygens (including phenoxy) is 1. The van der Waals surface area contributed by atoms with Gasteiger partial charge in [0, 0.05) is 69.7 Å². The number of anilines is 1. The van der Waals surface area contributed by atoms with E-state index in [1.54, 1.807) is 4.90 Å². The third kappa shape index (κ3) is 5.83. The third-order valence-electron chi connectivity index (χ3n) is 11.7. The molecule has 6 heterocycles. The van der Waals surface area contributed by atoms with Crippen molar-refractivity contribution < 1.29 is 9.53 Å². The molecule has 57 heavy (non-hydrogen) atoms. The minimum absolute atomic E-state index is 0.144. The van der Waals surface area contributed by atoms with Crippen LogP contribution in [0.1, 0.15) is 63.6 Å². The molecule has 1 amide bonds. The number of halogens is 2. The molecule has 3 aromatic carbocycles. The van der Waals surface area contributed by atoms with E-state index in [0.717, 1.165) is 94.4 Å². The fourth-order valence-electron chi connectivity index (χ4n) is 8.78. The van der Waals surface area contributed by atoms with Crippen LogP contribution in [0.15, 0.2) is 72.9 Å². The first-order valence-corrected chi connectivity index (χ1v) is 20.1. The summed E-state index contributed by atoms with van der Waals surface area (Å²) in [4.78, 5) is 22.0. The smallest absolute Gasteiger partial charge is 0.276 e. The van der Waals surface area contributed by atoms with Gasteiger partial charge in [-0.15, -0.1) is 5.10 Å². The molecule has 1 aliphatic heterocycles. The van der Waals surface area contributed by atoms with Gasteiger partial charge in [0.15, 0.2) is 11.5 Å². The lowest BCUT2D eigenvalue weighted by Crippen LogP contribution is -2.47. The average Bonchev–Trinajstić information content (AvgIpc) is 3.93. The molecule has 0 N–H and O–H groups in total. The van der Waals surface area contributed by atoms with Gasteiger partial charge in [0.05, 0.1) is 29.5 Å². The van der Waals surface area contributed by atoms with Gasteiger partial charge in [-0.1, -0.05) is 47.5 Å². The van der Waals surface area contributed by atoms with Crippen LogP contribution in [-0.4, -0.2) is 51.5 Å². The average molecular weight is 800 g/mol. The van der Waals surface area contributed by atoms with Gasteiger partial charge < -0.3 is 13.9 Å². The molecule has 0 spiro atoms. The summed E-state index contributed by atoms with van der Waals surface area (Å²) in [5, 5.41) is 12.3. The zero-order chi connectivity index (χ0) is 40.0. The second-order valence-corrected chi connectivity index (χ2v) is 16.2. The van der Waals surface area contributed by atoms with E-state index >= 15 is 4.79 Å². The van der Waals surface area contributed by atoms with Gasteiger partial charge in [0.1, 0.15) is 16.9 Å². The molecule has 0 bridgehead atoms. The fraction of sp³-hybridized carbons (Fsp3) is 0.289. The minimum Gasteiger partial charge on any atom is -0.494 e. The quantitative estimate of drug-likeness (QED) is 0.0868. The van der Waals surface area contributed by atoms with Gasteiger partial charge in [-0.05, 0) is 114 Å². The number of benzene rings is 3. The highest BCUT2D eigenvalue weighted by molar-refractivity contribution is 6.32. The van der Waals surface area contributed by atoms with Gasteiger partial charge in [0.25, 0.3) is 5.91 Å². The molecule has 9 rings (SSSR count). The Balaban J connectivity index is 1.17. The number of nitrogens with zero attached hydrogens (tertiary/aromatic N) is 8. The van der Waals surface area contributed by atoms with Crippen LogP contribution in [0.5, 0.6) is 5.75 Å². The van der Waals surface area contributed by atoms with Crippen LogP contribution in [0.4, 0.5) is 5.69 Å². The summed E-state index contributed by atoms with van der Waals surface area (Å²) in [5.74, 6) is 1.26. The molecule has 1 aliphatic rings. The molecule has 2 atom stereocenters. The Morgan fingerprint density at radius 2 is 1.65 bits per heavy atom. The van der Waals surface area contributed by atoms with E-state index in [9.17, 15) is 0 Å². The number of carbonyl (C=O) groups excluding carboxylic acids is 1. The first-order chi connectivity index (χ1) is 27.3. The zero-order valence-electron chi connectivity index (χ0n) is 33.4. The van der Waals surface area contributed by atoms with Crippen molar-refractivity contribution in [2.24, 2.45) is 14.1 Å². The number of aryl methyl sites for hydroxylation is 7. The van der Waals surface area contributed by atoms with E-state index in [2.05, 4.69) is 48.7 Å². The largest absolute Gasteiger partial charge is 0.494 e. The monoisotopic (exact) mass is 798 g/mol. The Bertz CT molecular complexity index is 2910. The highest BCUT2D eigenvalue weighted by Crippen LogP contribution is 2.46. The Labute approximate surface area is 341 Å². The van der Waals surface area contributed by atoms with Crippen LogP contribution in [0.2, 0.25) is 5.02 Å². The lowest BCUT2D eigenvalue weighted by molar-refractivity contribution is 0.0951. The summed E-state index contributed by atoms with van der Waals surface area (Å²) >= 11 is 14.0. The number of fused-ring (bicyclic) bond motifs is 5. The van der Waals surface area contributed by atoms with Crippen molar-refractivity contribution in [3.63, 3.8) is 0 Å². The molecule has 5 aromatic heterocycles. The Kier molecular flexibility index (Phi) is 8.97. The van der Waals surface area contributed by atoms with Crippen molar-refractivity contribution in [2.75, 3.05) is 11.5 Å². The van der Waals surface area contributed by atoms with E-state index in [4.69, 9.17) is 43.1 Å². The van der Waals surface area contributed by atoms with Crippen molar-refractivity contribution in [3.8, 4) is 28.3 Å². The molecule has 12 heteroatoms. The lowest BCUT2D eigenvalue weighted by atomic mass is 9.98. The molecule has 10 nitrogen and oxygen atoms in total. The summed E-state index contributed by atoms with van der Waals surface area (Å²) in [5.41, 5.74) is 12.3.